The van der Waals surface area contributed by atoms with Crippen LogP contribution in [0.1, 0.15) is 18.9 Å². The minimum absolute atomic E-state index is 0.127. The Morgan fingerprint density at radius 2 is 1.86 bits per heavy atom. The maximum Gasteiger partial charge on any atom is 0.326 e. The zero-order valence-electron chi connectivity index (χ0n) is 15.9. The van der Waals surface area contributed by atoms with E-state index in [1.165, 1.54) is 18.7 Å². The third kappa shape index (κ3) is 5.74. The zero-order chi connectivity index (χ0) is 20.7. The number of hydrogen-bond donors (Lipinski definition) is 5. The van der Waals surface area contributed by atoms with Crippen LogP contribution >= 0.6 is 11.8 Å². The quantitative estimate of drug-likeness (QED) is 0.397. The minimum Gasteiger partial charge on any atom is -0.480 e. The molecule has 6 N–H and O–H groups in total. The van der Waals surface area contributed by atoms with Gasteiger partial charge in [-0.2, -0.15) is 11.8 Å². The number of aliphatic carboxylic acids is 1. The topological polar surface area (TPSA) is 137 Å². The summed E-state index contributed by atoms with van der Waals surface area (Å²) in [7, 11) is 0. The van der Waals surface area contributed by atoms with Gasteiger partial charge >= 0.3 is 5.97 Å². The average Bonchev–Trinajstić information content (AvgIpc) is 3.07. The van der Waals surface area contributed by atoms with E-state index < -0.39 is 35.9 Å². The minimum atomic E-state index is -1.14. The lowest BCUT2D eigenvalue weighted by molar-refractivity contribution is -0.142. The second-order valence-corrected chi connectivity index (χ2v) is 7.58. The van der Waals surface area contributed by atoms with E-state index in [0.29, 0.717) is 12.2 Å². The number of hydrogen-bond acceptors (Lipinski definition) is 5. The van der Waals surface area contributed by atoms with Gasteiger partial charge in [-0.15, -0.1) is 0 Å². The molecule has 1 aromatic carbocycles. The lowest BCUT2D eigenvalue weighted by atomic mass is 10.0. The third-order valence-electron chi connectivity index (χ3n) is 4.37. The number of carbonyl (C=O) groups excluding carboxylic acids is 2. The molecule has 28 heavy (non-hydrogen) atoms. The van der Waals surface area contributed by atoms with Crippen LogP contribution in [0.5, 0.6) is 0 Å². The smallest absolute Gasteiger partial charge is 0.326 e. The van der Waals surface area contributed by atoms with E-state index in [4.69, 9.17) is 5.73 Å². The van der Waals surface area contributed by atoms with E-state index in [1.807, 2.05) is 30.5 Å². The fourth-order valence-corrected chi connectivity index (χ4v) is 3.27. The maximum absolute atomic E-state index is 12.7. The lowest BCUT2D eigenvalue weighted by Crippen LogP contribution is -2.54. The van der Waals surface area contributed by atoms with E-state index in [9.17, 15) is 19.5 Å². The van der Waals surface area contributed by atoms with Crippen molar-refractivity contribution in [3.05, 3.63) is 36.0 Å². The Morgan fingerprint density at radius 1 is 1.18 bits per heavy atom. The van der Waals surface area contributed by atoms with Crippen LogP contribution < -0.4 is 16.4 Å². The number of rotatable bonds is 10. The summed E-state index contributed by atoms with van der Waals surface area (Å²) in [5, 5.41) is 15.6. The molecule has 0 fully saturated rings. The van der Waals surface area contributed by atoms with Crippen molar-refractivity contribution >= 4 is 40.4 Å². The first-order chi connectivity index (χ1) is 13.3. The van der Waals surface area contributed by atoms with E-state index in [2.05, 4.69) is 15.6 Å². The molecule has 1 aromatic heterocycles. The highest BCUT2D eigenvalue weighted by molar-refractivity contribution is 7.98. The van der Waals surface area contributed by atoms with Gasteiger partial charge < -0.3 is 26.5 Å². The first-order valence-electron chi connectivity index (χ1n) is 8.96. The normalized spacial score (nSPS) is 14.2. The average molecular weight is 407 g/mol. The maximum atomic E-state index is 12.7. The summed E-state index contributed by atoms with van der Waals surface area (Å²) in [5.41, 5.74) is 7.25. The molecule has 2 amide bonds. The summed E-state index contributed by atoms with van der Waals surface area (Å²) >= 11 is 1.53. The molecule has 1 heterocycles. The number of amides is 2. The van der Waals surface area contributed by atoms with Gasteiger partial charge in [0.2, 0.25) is 11.8 Å². The zero-order valence-corrected chi connectivity index (χ0v) is 16.7. The number of carboxylic acid groups (broad SMARTS) is 1. The highest BCUT2D eigenvalue weighted by Gasteiger charge is 2.27. The third-order valence-corrected chi connectivity index (χ3v) is 5.01. The van der Waals surface area contributed by atoms with Crippen LogP contribution in [-0.4, -0.2) is 58.0 Å². The SMILES string of the molecule is CSCCC(NC(=O)C(C)N)C(=O)NC(Cc1c[nH]c2ccccc12)C(=O)O. The number of nitrogens with two attached hydrogens (primary N) is 1. The van der Waals surface area contributed by atoms with Crippen molar-refractivity contribution in [2.24, 2.45) is 5.73 Å². The van der Waals surface area contributed by atoms with Gasteiger partial charge in [0.1, 0.15) is 12.1 Å². The van der Waals surface area contributed by atoms with Crippen molar-refractivity contribution in [1.29, 1.82) is 0 Å². The van der Waals surface area contributed by atoms with Crippen molar-refractivity contribution in [2.75, 3.05) is 12.0 Å². The van der Waals surface area contributed by atoms with E-state index in [-0.39, 0.29) is 6.42 Å². The highest BCUT2D eigenvalue weighted by atomic mass is 32.2. The summed E-state index contributed by atoms with van der Waals surface area (Å²) in [4.78, 5) is 39.4. The Morgan fingerprint density at radius 3 is 2.50 bits per heavy atom. The summed E-state index contributed by atoms with van der Waals surface area (Å²) in [6.45, 7) is 1.52. The van der Waals surface area contributed by atoms with Crippen LogP contribution in [0.3, 0.4) is 0 Å². The van der Waals surface area contributed by atoms with Gasteiger partial charge in [0.25, 0.3) is 0 Å². The van der Waals surface area contributed by atoms with Crippen molar-refractivity contribution in [3.63, 3.8) is 0 Å². The lowest BCUT2D eigenvalue weighted by Gasteiger charge is -2.22. The molecule has 0 bridgehead atoms. The number of fused-ring (bicyclic) bond motifs is 1. The number of H-pyrrole nitrogens is 1. The van der Waals surface area contributed by atoms with Crippen molar-refractivity contribution in [2.45, 2.75) is 37.9 Å². The first-order valence-corrected chi connectivity index (χ1v) is 10.4. The molecule has 0 aliphatic carbocycles. The number of para-hydroxylation sites is 1. The van der Waals surface area contributed by atoms with Crippen molar-refractivity contribution in [3.8, 4) is 0 Å². The van der Waals surface area contributed by atoms with Crippen LogP contribution in [0.25, 0.3) is 10.9 Å². The van der Waals surface area contributed by atoms with Crippen molar-refractivity contribution in [1.82, 2.24) is 15.6 Å². The van der Waals surface area contributed by atoms with Gasteiger partial charge in [0.15, 0.2) is 0 Å². The number of benzene rings is 1. The van der Waals surface area contributed by atoms with Gasteiger partial charge in [0, 0.05) is 23.5 Å². The molecule has 0 aliphatic heterocycles. The number of nitrogens with one attached hydrogen (secondary N) is 3. The molecule has 2 aromatic rings. The first kappa shape index (κ1) is 21.8. The Bertz CT molecular complexity index is 836. The molecule has 2 rings (SSSR count). The molecule has 3 unspecified atom stereocenters. The molecule has 0 saturated carbocycles. The van der Waals surface area contributed by atoms with Gasteiger partial charge in [-0.25, -0.2) is 4.79 Å². The monoisotopic (exact) mass is 406 g/mol. The standard InChI is InChI=1S/C19H26N4O4S/c1-11(20)17(24)22-15(7-8-28-2)18(25)23-16(19(26)27)9-12-10-21-14-6-4-3-5-13(12)14/h3-6,10-11,15-16,21H,7-9,20H2,1-2H3,(H,22,24)(H,23,25)(H,26,27). The molecule has 8 nitrogen and oxygen atoms in total. The molecule has 3 atom stereocenters. The predicted molar refractivity (Wildman–Crippen MR) is 110 cm³/mol. The molecular weight excluding hydrogens is 380 g/mol. The van der Waals surface area contributed by atoms with Gasteiger partial charge in [-0.1, -0.05) is 18.2 Å². The summed E-state index contributed by atoms with van der Waals surface area (Å²) in [6.07, 6.45) is 4.14. The number of aromatic nitrogens is 1. The summed E-state index contributed by atoms with van der Waals surface area (Å²) < 4.78 is 0. The van der Waals surface area contributed by atoms with E-state index in [1.54, 1.807) is 6.20 Å². The Hall–Kier alpha value is -2.52. The second-order valence-electron chi connectivity index (χ2n) is 6.59. The Balaban J connectivity index is 2.12. The Labute approximate surface area is 167 Å². The van der Waals surface area contributed by atoms with E-state index in [0.717, 1.165) is 16.5 Å². The number of aromatic amines is 1. The van der Waals surface area contributed by atoms with Gasteiger partial charge in [-0.3, -0.25) is 9.59 Å². The molecule has 0 radical (unpaired) electrons. The van der Waals surface area contributed by atoms with Crippen LogP contribution in [0.15, 0.2) is 30.5 Å². The predicted octanol–water partition coefficient (Wildman–Crippen LogP) is 0.865. The van der Waals surface area contributed by atoms with Crippen molar-refractivity contribution < 1.29 is 19.5 Å². The molecule has 0 spiro atoms. The fourth-order valence-electron chi connectivity index (χ4n) is 2.80. The molecule has 0 aliphatic rings. The van der Waals surface area contributed by atoms with Crippen LogP contribution in [0.2, 0.25) is 0 Å². The van der Waals surface area contributed by atoms with Crippen LogP contribution in [0, 0.1) is 0 Å². The summed E-state index contributed by atoms with van der Waals surface area (Å²) in [5.74, 6) is -1.49. The number of carboxylic acids is 1. The summed E-state index contributed by atoms with van der Waals surface area (Å²) in [6, 6.07) is 4.84. The molecule has 9 heteroatoms. The largest absolute Gasteiger partial charge is 0.480 e. The van der Waals surface area contributed by atoms with Gasteiger partial charge in [-0.05, 0) is 37.0 Å². The second kappa shape index (κ2) is 10.1. The highest BCUT2D eigenvalue weighted by Crippen LogP contribution is 2.19. The molecule has 0 saturated heterocycles. The van der Waals surface area contributed by atoms with E-state index >= 15 is 0 Å². The van der Waals surface area contributed by atoms with Crippen LogP contribution in [0.4, 0.5) is 0 Å². The Kier molecular flexibility index (Phi) is 7.89. The number of carbonyl (C=O) groups is 3. The van der Waals surface area contributed by atoms with Crippen LogP contribution in [-0.2, 0) is 20.8 Å². The molecule has 152 valence electrons. The number of thioether (sulfide) groups is 1. The fraction of sp³-hybridized carbons (Fsp3) is 0.421. The molecular formula is C19H26N4O4S. The van der Waals surface area contributed by atoms with Gasteiger partial charge in [0.05, 0.1) is 6.04 Å².